The Kier molecular flexibility index (Phi) is 10.9. The summed E-state index contributed by atoms with van der Waals surface area (Å²) in [5.41, 5.74) is -17.3. The minimum atomic E-state index is -6.99. The highest BCUT2D eigenvalue weighted by Gasteiger charge is 2.58. The summed E-state index contributed by atoms with van der Waals surface area (Å²) in [6, 6.07) is 4.66. The van der Waals surface area contributed by atoms with Crippen molar-refractivity contribution in [1.82, 2.24) is 0 Å². The second-order valence-electron chi connectivity index (χ2n) is 8.41. The van der Waals surface area contributed by atoms with E-state index in [-0.39, 0.29) is 0 Å². The van der Waals surface area contributed by atoms with Crippen molar-refractivity contribution >= 4 is 89.6 Å². The Morgan fingerprint density at radius 2 is 0.955 bits per heavy atom. The summed E-state index contributed by atoms with van der Waals surface area (Å²) in [4.78, 5) is 49.9. The number of hydrogen-bond acceptors (Lipinski definition) is 8. The molecule has 0 aromatic heterocycles. The molecule has 0 aliphatic rings. The molecule has 0 radical (unpaired) electrons. The fourth-order valence-electron chi connectivity index (χ4n) is 3.28. The number of halogens is 8. The van der Waals surface area contributed by atoms with Gasteiger partial charge in [-0.25, -0.2) is 0 Å². The zero-order valence-electron chi connectivity index (χ0n) is 21.9. The van der Waals surface area contributed by atoms with Gasteiger partial charge in [0.15, 0.2) is 0 Å². The third-order valence-corrected chi connectivity index (χ3v) is 8.63. The lowest BCUT2D eigenvalue weighted by molar-refractivity contribution is -0.135. The lowest BCUT2D eigenvalue weighted by atomic mass is 10.1. The minimum Gasteiger partial charge on any atom is -0.325 e. The van der Waals surface area contributed by atoms with Crippen molar-refractivity contribution in [3.63, 3.8) is 0 Å². The first-order valence-electron chi connectivity index (χ1n) is 11.3. The largest absolute Gasteiger partial charge is 0.517 e. The van der Waals surface area contributed by atoms with Crippen LogP contribution in [0.2, 0.25) is 0 Å². The number of anilines is 4. The van der Waals surface area contributed by atoms with E-state index < -0.39 is 109 Å². The standard InChI is InChI=1S/C22H18Cl2F6N4O8S2/c1-11-3-5-13(31-17(35)9-23)7-15(11)33(43(39,40)21(25,26)27)19(37)20(38)34(44(41,42)22(28,29)30)16-8-14(6-4-12(16)2)32-18(36)10-24/h3-8H,9-10H2,1-2H3,(H,31,35)(H,32,36). The van der Waals surface area contributed by atoms with Crippen LogP contribution < -0.4 is 19.2 Å². The first kappa shape index (κ1) is 36.6. The predicted octanol–water partition coefficient (Wildman–Crippen LogP) is 3.72. The monoisotopic (exact) mass is 714 g/mol. The molecule has 0 atom stereocenters. The number of carbonyl (C=O) groups excluding carboxylic acids is 4. The molecular weight excluding hydrogens is 697 g/mol. The van der Waals surface area contributed by atoms with Crippen LogP contribution in [0.4, 0.5) is 49.1 Å². The Balaban J connectivity index is 2.94. The summed E-state index contributed by atoms with van der Waals surface area (Å²) in [6.07, 6.45) is 0. The van der Waals surface area contributed by atoms with Gasteiger partial charge in [0.25, 0.3) is 0 Å². The van der Waals surface area contributed by atoms with E-state index in [1.165, 1.54) is 0 Å². The van der Waals surface area contributed by atoms with Crippen molar-refractivity contribution in [2.75, 3.05) is 31.0 Å². The van der Waals surface area contributed by atoms with Crippen LogP contribution in [0, 0.1) is 13.8 Å². The number of alkyl halides is 8. The summed E-state index contributed by atoms with van der Waals surface area (Å²) in [7, 11) is -14.0. The Morgan fingerprint density at radius 3 is 1.20 bits per heavy atom. The van der Waals surface area contributed by atoms with Gasteiger partial charge in [0.05, 0.1) is 11.4 Å². The van der Waals surface area contributed by atoms with Crippen LogP contribution in [-0.2, 0) is 39.2 Å². The molecule has 12 nitrogen and oxygen atoms in total. The summed E-state index contributed by atoms with van der Waals surface area (Å²) in [6.45, 7) is 1.85. The van der Waals surface area contributed by atoms with Crippen LogP contribution in [0.1, 0.15) is 11.1 Å². The first-order chi connectivity index (χ1) is 20.0. The average molecular weight is 715 g/mol. The molecule has 0 aliphatic heterocycles. The summed E-state index contributed by atoms with van der Waals surface area (Å²) in [5.74, 6) is -9.16. The molecule has 0 aliphatic carbocycles. The highest BCUT2D eigenvalue weighted by atomic mass is 35.5. The smallest absolute Gasteiger partial charge is 0.325 e. The van der Waals surface area contributed by atoms with Gasteiger partial charge in [-0.2, -0.15) is 51.8 Å². The molecule has 4 amide bonds. The molecule has 0 fully saturated rings. The Labute approximate surface area is 255 Å². The Morgan fingerprint density at radius 1 is 0.659 bits per heavy atom. The molecule has 0 unspecified atom stereocenters. The summed E-state index contributed by atoms with van der Waals surface area (Å²) >= 11 is 10.7. The van der Waals surface area contributed by atoms with Crippen LogP contribution in [0.5, 0.6) is 0 Å². The van der Waals surface area contributed by atoms with Gasteiger partial charge in [-0.15, -0.1) is 23.2 Å². The molecule has 0 bridgehead atoms. The molecule has 2 rings (SSSR count). The summed E-state index contributed by atoms with van der Waals surface area (Å²) < 4.78 is 130. The van der Waals surface area contributed by atoms with Gasteiger partial charge in [-0.05, 0) is 49.2 Å². The third-order valence-electron chi connectivity index (χ3n) is 5.28. The van der Waals surface area contributed by atoms with Gasteiger partial charge in [0.2, 0.25) is 11.8 Å². The van der Waals surface area contributed by atoms with Crippen molar-refractivity contribution in [1.29, 1.82) is 0 Å². The highest BCUT2D eigenvalue weighted by molar-refractivity contribution is 7.95. The van der Waals surface area contributed by atoms with Crippen LogP contribution >= 0.6 is 23.2 Å². The highest BCUT2D eigenvalue weighted by Crippen LogP contribution is 2.38. The van der Waals surface area contributed by atoms with Crippen molar-refractivity contribution < 1.29 is 62.4 Å². The van der Waals surface area contributed by atoms with E-state index >= 15 is 0 Å². The van der Waals surface area contributed by atoms with E-state index in [1.54, 1.807) is 0 Å². The molecule has 0 spiro atoms. The van der Waals surface area contributed by atoms with Crippen LogP contribution in [0.25, 0.3) is 0 Å². The van der Waals surface area contributed by atoms with E-state index in [4.69, 9.17) is 23.2 Å². The molecular formula is C22H18Cl2F6N4O8S2. The normalized spacial score (nSPS) is 12.3. The second-order valence-corrected chi connectivity index (χ2v) is 12.5. The average Bonchev–Trinajstić information content (AvgIpc) is 2.90. The topological polar surface area (TPSA) is 167 Å². The SMILES string of the molecule is Cc1ccc(NC(=O)CCl)cc1N(C(=O)C(=O)N(c1cc(NC(=O)CCl)ccc1C)S(=O)(=O)C(F)(F)F)S(=O)(=O)C(F)(F)F. The third kappa shape index (κ3) is 7.53. The molecule has 0 saturated heterocycles. The van der Waals surface area contributed by atoms with E-state index in [1.807, 2.05) is 10.6 Å². The zero-order chi connectivity index (χ0) is 34.0. The van der Waals surface area contributed by atoms with Crippen LogP contribution in [-0.4, -0.2) is 63.2 Å². The predicted molar refractivity (Wildman–Crippen MR) is 146 cm³/mol. The maximum absolute atomic E-state index is 13.8. The molecule has 2 aromatic rings. The number of nitrogens with one attached hydrogen (secondary N) is 2. The number of nitrogens with zero attached hydrogens (tertiary/aromatic N) is 2. The zero-order valence-corrected chi connectivity index (χ0v) is 25.0. The van der Waals surface area contributed by atoms with Gasteiger partial charge >= 0.3 is 42.9 Å². The van der Waals surface area contributed by atoms with Crippen LogP contribution in [0.15, 0.2) is 36.4 Å². The van der Waals surface area contributed by atoms with Crippen molar-refractivity contribution in [2.45, 2.75) is 24.9 Å². The molecule has 0 heterocycles. The molecule has 242 valence electrons. The van der Waals surface area contributed by atoms with Gasteiger partial charge in [0.1, 0.15) is 11.8 Å². The molecule has 2 N–H and O–H groups in total. The number of rotatable bonds is 8. The van der Waals surface area contributed by atoms with Gasteiger partial charge in [0, 0.05) is 11.4 Å². The fourth-order valence-corrected chi connectivity index (χ4v) is 5.33. The second kappa shape index (κ2) is 13.2. The molecule has 22 heteroatoms. The number of sulfonamides is 2. The van der Waals surface area contributed by atoms with E-state index in [2.05, 4.69) is 0 Å². The Bertz CT molecular complexity index is 1590. The minimum absolute atomic E-state index is 0.449. The van der Waals surface area contributed by atoms with Gasteiger partial charge < -0.3 is 10.6 Å². The van der Waals surface area contributed by atoms with Gasteiger partial charge in [-0.1, -0.05) is 12.1 Å². The lowest BCUT2D eigenvalue weighted by Crippen LogP contribution is -2.55. The number of aryl methyl sites for hydroxylation is 2. The fraction of sp³-hybridized carbons (Fsp3) is 0.273. The van der Waals surface area contributed by atoms with Crippen LogP contribution in [0.3, 0.4) is 0 Å². The first-order valence-corrected chi connectivity index (χ1v) is 15.2. The van der Waals surface area contributed by atoms with Gasteiger partial charge in [-0.3, -0.25) is 19.2 Å². The number of amides is 4. The van der Waals surface area contributed by atoms with Crippen molar-refractivity contribution in [3.8, 4) is 0 Å². The molecule has 0 saturated carbocycles. The van der Waals surface area contributed by atoms with E-state index in [0.717, 1.165) is 38.1 Å². The molecule has 44 heavy (non-hydrogen) atoms. The Hall–Kier alpha value is -3.62. The number of benzene rings is 2. The lowest BCUT2D eigenvalue weighted by Gasteiger charge is -2.29. The number of hydrogen-bond donors (Lipinski definition) is 2. The quantitative estimate of drug-likeness (QED) is 0.237. The van der Waals surface area contributed by atoms with Crippen molar-refractivity contribution in [3.05, 3.63) is 47.5 Å². The molecule has 2 aromatic carbocycles. The number of carbonyl (C=O) groups is 4. The maximum atomic E-state index is 13.8. The van der Waals surface area contributed by atoms with E-state index in [9.17, 15) is 62.4 Å². The summed E-state index contributed by atoms with van der Waals surface area (Å²) in [5, 5.41) is 4.06. The van der Waals surface area contributed by atoms with Crippen molar-refractivity contribution in [2.24, 2.45) is 0 Å². The van der Waals surface area contributed by atoms with E-state index in [0.29, 0.717) is 12.1 Å². The maximum Gasteiger partial charge on any atom is 0.517 e.